The zero-order chi connectivity index (χ0) is 36.9. The van der Waals surface area contributed by atoms with Crippen molar-refractivity contribution in [3.05, 3.63) is 205 Å². The van der Waals surface area contributed by atoms with E-state index in [1.165, 1.54) is 66.1 Å². The van der Waals surface area contributed by atoms with E-state index in [2.05, 4.69) is 219 Å². The number of benzene rings is 9. The number of nitrogens with one attached hydrogen (secondary N) is 2. The zero-order valence-electron chi connectivity index (χ0n) is 31.0. The first-order chi connectivity index (χ1) is 27.0. The van der Waals surface area contributed by atoms with Crippen molar-refractivity contribution >= 4 is 44.3 Å². The van der Waals surface area contributed by atoms with Gasteiger partial charge in [0.2, 0.25) is 0 Å². The van der Waals surface area contributed by atoms with Crippen molar-refractivity contribution in [3.8, 4) is 44.5 Å². The molecule has 0 spiro atoms. The van der Waals surface area contributed by atoms with Crippen molar-refractivity contribution in [2.45, 2.75) is 19.3 Å². The lowest BCUT2D eigenvalue weighted by Gasteiger charge is -2.26. The smallest absolute Gasteiger partial charge is 0.0464 e. The second-order valence-electron chi connectivity index (χ2n) is 15.1. The summed E-state index contributed by atoms with van der Waals surface area (Å²) in [5.74, 6) is 0. The van der Waals surface area contributed by atoms with Crippen LogP contribution >= 0.6 is 0 Å². The standard InChI is InChI=1S/C53H40N2/c1-53(2)48-25-9-7-22-44(48)45-23-13-24-46(52(45)53)47-34-39(29-31-51(47)54-41-30-28-35-14-3-4-16-38(35)33-41)37-18-11-19-40(32-37)43-21-8-10-26-49(43)55-50-27-12-17-36-15-5-6-20-42(36)50/h3-34,54-55H,1-2H3. The minimum Gasteiger partial charge on any atom is -0.355 e. The lowest BCUT2D eigenvalue weighted by Crippen LogP contribution is -2.16. The van der Waals surface area contributed by atoms with Gasteiger partial charge in [-0.1, -0.05) is 166 Å². The van der Waals surface area contributed by atoms with Crippen LogP contribution < -0.4 is 10.6 Å². The quantitative estimate of drug-likeness (QED) is 0.173. The summed E-state index contributed by atoms with van der Waals surface area (Å²) in [6, 6.07) is 70.3. The van der Waals surface area contributed by atoms with Crippen LogP contribution in [0.4, 0.5) is 22.7 Å². The molecular formula is C53H40N2. The molecule has 0 heterocycles. The van der Waals surface area contributed by atoms with Gasteiger partial charge < -0.3 is 10.6 Å². The normalized spacial score (nSPS) is 12.7. The zero-order valence-corrected chi connectivity index (χ0v) is 31.0. The van der Waals surface area contributed by atoms with Crippen LogP contribution in [0.2, 0.25) is 0 Å². The monoisotopic (exact) mass is 704 g/mol. The van der Waals surface area contributed by atoms with Gasteiger partial charge in [0.15, 0.2) is 0 Å². The number of anilines is 4. The van der Waals surface area contributed by atoms with E-state index in [0.717, 1.165) is 33.9 Å². The largest absolute Gasteiger partial charge is 0.355 e. The Morgan fingerprint density at radius 1 is 0.345 bits per heavy atom. The second-order valence-corrected chi connectivity index (χ2v) is 15.1. The third-order valence-electron chi connectivity index (χ3n) is 11.4. The predicted molar refractivity (Wildman–Crippen MR) is 235 cm³/mol. The van der Waals surface area contributed by atoms with Gasteiger partial charge in [0.05, 0.1) is 0 Å². The molecule has 0 saturated carbocycles. The van der Waals surface area contributed by atoms with E-state index in [1.54, 1.807) is 0 Å². The lowest BCUT2D eigenvalue weighted by atomic mass is 9.78. The van der Waals surface area contributed by atoms with Crippen LogP contribution in [-0.2, 0) is 5.41 Å². The number of hydrogen-bond donors (Lipinski definition) is 2. The van der Waals surface area contributed by atoms with Crippen LogP contribution in [0.15, 0.2) is 194 Å². The summed E-state index contributed by atoms with van der Waals surface area (Å²) in [5.41, 5.74) is 16.7. The minimum absolute atomic E-state index is 0.153. The van der Waals surface area contributed by atoms with Gasteiger partial charge in [-0.15, -0.1) is 0 Å². The molecule has 262 valence electrons. The van der Waals surface area contributed by atoms with E-state index in [4.69, 9.17) is 0 Å². The van der Waals surface area contributed by atoms with Crippen molar-refractivity contribution in [3.63, 3.8) is 0 Å². The third kappa shape index (κ3) is 5.75. The van der Waals surface area contributed by atoms with Gasteiger partial charge >= 0.3 is 0 Å². The average Bonchev–Trinajstić information content (AvgIpc) is 3.47. The van der Waals surface area contributed by atoms with Crippen molar-refractivity contribution in [2.75, 3.05) is 10.6 Å². The summed E-state index contributed by atoms with van der Waals surface area (Å²) in [7, 11) is 0. The Morgan fingerprint density at radius 2 is 0.945 bits per heavy atom. The van der Waals surface area contributed by atoms with E-state index in [-0.39, 0.29) is 5.41 Å². The van der Waals surface area contributed by atoms with Crippen molar-refractivity contribution in [2.24, 2.45) is 0 Å². The molecule has 55 heavy (non-hydrogen) atoms. The SMILES string of the molecule is CC1(C)c2ccccc2-c2cccc(-c3cc(-c4cccc(-c5ccccc5Nc5cccc6ccccc56)c4)ccc3Nc3ccc4ccccc4c3)c21. The maximum Gasteiger partial charge on any atom is 0.0464 e. The number of rotatable bonds is 7. The minimum atomic E-state index is -0.153. The van der Waals surface area contributed by atoms with Gasteiger partial charge in [-0.3, -0.25) is 0 Å². The Bertz CT molecular complexity index is 2910. The van der Waals surface area contributed by atoms with Gasteiger partial charge in [-0.25, -0.2) is 0 Å². The average molecular weight is 705 g/mol. The molecule has 0 atom stereocenters. The Balaban J connectivity index is 1.09. The Labute approximate surface area is 322 Å². The summed E-state index contributed by atoms with van der Waals surface area (Å²) in [5, 5.41) is 12.5. The van der Waals surface area contributed by atoms with E-state index < -0.39 is 0 Å². The van der Waals surface area contributed by atoms with Crippen LogP contribution in [0.25, 0.3) is 66.1 Å². The van der Waals surface area contributed by atoms with Crippen LogP contribution in [0.3, 0.4) is 0 Å². The van der Waals surface area contributed by atoms with Gasteiger partial charge in [0, 0.05) is 44.7 Å². The molecule has 0 radical (unpaired) electrons. The molecule has 2 nitrogen and oxygen atoms in total. The molecule has 0 bridgehead atoms. The van der Waals surface area contributed by atoms with E-state index in [1.807, 2.05) is 0 Å². The Kier molecular flexibility index (Phi) is 7.85. The molecule has 10 rings (SSSR count). The Morgan fingerprint density at radius 3 is 1.84 bits per heavy atom. The Hall–Kier alpha value is -6.90. The molecule has 0 saturated heterocycles. The molecule has 9 aromatic carbocycles. The third-order valence-corrected chi connectivity index (χ3v) is 11.4. The first-order valence-electron chi connectivity index (χ1n) is 19.1. The summed E-state index contributed by atoms with van der Waals surface area (Å²) in [4.78, 5) is 0. The fourth-order valence-corrected chi connectivity index (χ4v) is 8.74. The fraction of sp³-hybridized carbons (Fsp3) is 0.0566. The highest BCUT2D eigenvalue weighted by molar-refractivity contribution is 5.98. The maximum atomic E-state index is 3.85. The van der Waals surface area contributed by atoms with Gasteiger partial charge in [0.1, 0.15) is 0 Å². The highest BCUT2D eigenvalue weighted by Crippen LogP contribution is 2.53. The van der Waals surface area contributed by atoms with Crippen LogP contribution in [-0.4, -0.2) is 0 Å². The van der Waals surface area contributed by atoms with Crippen molar-refractivity contribution < 1.29 is 0 Å². The molecule has 2 N–H and O–H groups in total. The van der Waals surface area contributed by atoms with E-state index in [9.17, 15) is 0 Å². The van der Waals surface area contributed by atoms with Gasteiger partial charge in [0.25, 0.3) is 0 Å². The van der Waals surface area contributed by atoms with Crippen LogP contribution in [0.1, 0.15) is 25.0 Å². The lowest BCUT2D eigenvalue weighted by molar-refractivity contribution is 0.662. The first kappa shape index (κ1) is 32.7. The summed E-state index contributed by atoms with van der Waals surface area (Å²) in [6.45, 7) is 4.74. The molecule has 9 aromatic rings. The first-order valence-corrected chi connectivity index (χ1v) is 19.1. The summed E-state index contributed by atoms with van der Waals surface area (Å²) < 4.78 is 0. The number of hydrogen-bond acceptors (Lipinski definition) is 2. The van der Waals surface area contributed by atoms with E-state index in [0.29, 0.717) is 0 Å². The van der Waals surface area contributed by atoms with Gasteiger partial charge in [-0.2, -0.15) is 0 Å². The highest BCUT2D eigenvalue weighted by atomic mass is 14.9. The van der Waals surface area contributed by atoms with Gasteiger partial charge in [-0.05, 0) is 103 Å². The van der Waals surface area contributed by atoms with Crippen LogP contribution in [0, 0.1) is 0 Å². The molecule has 0 fully saturated rings. The molecular weight excluding hydrogens is 665 g/mol. The summed E-state index contributed by atoms with van der Waals surface area (Å²) >= 11 is 0. The topological polar surface area (TPSA) is 24.1 Å². The molecule has 0 amide bonds. The molecule has 0 unspecified atom stereocenters. The molecule has 1 aliphatic rings. The molecule has 0 aromatic heterocycles. The molecule has 1 aliphatic carbocycles. The van der Waals surface area contributed by atoms with Crippen molar-refractivity contribution in [1.29, 1.82) is 0 Å². The maximum absolute atomic E-state index is 3.85. The highest BCUT2D eigenvalue weighted by Gasteiger charge is 2.37. The summed E-state index contributed by atoms with van der Waals surface area (Å²) in [6.07, 6.45) is 0. The van der Waals surface area contributed by atoms with Crippen LogP contribution in [0.5, 0.6) is 0 Å². The van der Waals surface area contributed by atoms with Crippen molar-refractivity contribution in [1.82, 2.24) is 0 Å². The van der Waals surface area contributed by atoms with E-state index >= 15 is 0 Å². The fourth-order valence-electron chi connectivity index (χ4n) is 8.74. The molecule has 2 heteroatoms. The number of para-hydroxylation sites is 1. The predicted octanol–water partition coefficient (Wildman–Crippen LogP) is 14.8. The number of fused-ring (bicyclic) bond motifs is 5. The molecule has 0 aliphatic heterocycles. The second kappa shape index (κ2) is 13.2.